The molecule has 0 aliphatic carbocycles. The fraction of sp³-hybridized carbons (Fsp3) is 0. The normalized spacial score (nSPS) is 10.8. The highest BCUT2D eigenvalue weighted by molar-refractivity contribution is 6.03. The van der Waals surface area contributed by atoms with Gasteiger partial charge in [0.2, 0.25) is 0 Å². The van der Waals surface area contributed by atoms with E-state index < -0.39 is 4.92 Å². The van der Waals surface area contributed by atoms with E-state index in [0.29, 0.717) is 17.1 Å². The predicted octanol–water partition coefficient (Wildman–Crippen LogP) is 5.06. The van der Waals surface area contributed by atoms with Crippen molar-refractivity contribution in [3.05, 3.63) is 89.0 Å². The lowest BCUT2D eigenvalue weighted by Crippen LogP contribution is -1.96. The summed E-state index contributed by atoms with van der Waals surface area (Å²) in [6.45, 7) is 0. The third-order valence-corrected chi connectivity index (χ3v) is 4.34. The number of hydrogen-bond acceptors (Lipinski definition) is 4. The number of non-ortho nitro benzene ring substituents is 1. The molecule has 4 aromatic rings. The second-order valence-electron chi connectivity index (χ2n) is 5.97. The summed E-state index contributed by atoms with van der Waals surface area (Å²) in [6, 6.07) is 24.3. The molecule has 4 rings (SSSR count). The number of benzene rings is 3. The maximum atomic E-state index is 11.1. The maximum absolute atomic E-state index is 11.1. The minimum absolute atomic E-state index is 0.0271. The largest absolute Gasteiger partial charge is 0.383 e. The van der Waals surface area contributed by atoms with Crippen molar-refractivity contribution in [2.24, 2.45) is 0 Å². The molecule has 0 atom stereocenters. The highest BCUT2D eigenvalue weighted by Crippen LogP contribution is 2.34. The second-order valence-corrected chi connectivity index (χ2v) is 5.97. The first-order valence-electron chi connectivity index (χ1n) is 8.13. The van der Waals surface area contributed by atoms with Crippen LogP contribution in [0.3, 0.4) is 0 Å². The van der Waals surface area contributed by atoms with Gasteiger partial charge in [-0.15, -0.1) is 0 Å². The monoisotopic (exact) mass is 341 g/mol. The topological polar surface area (TPSA) is 82.0 Å². The first-order valence-corrected chi connectivity index (χ1v) is 8.13. The second kappa shape index (κ2) is 6.29. The van der Waals surface area contributed by atoms with Crippen molar-refractivity contribution in [3.8, 4) is 22.4 Å². The van der Waals surface area contributed by atoms with E-state index in [1.807, 2.05) is 54.6 Å². The van der Waals surface area contributed by atoms with Crippen LogP contribution in [0.5, 0.6) is 0 Å². The predicted molar refractivity (Wildman–Crippen MR) is 104 cm³/mol. The Hall–Kier alpha value is -3.73. The Morgan fingerprint density at radius 2 is 1.54 bits per heavy atom. The first kappa shape index (κ1) is 15.8. The van der Waals surface area contributed by atoms with Crippen molar-refractivity contribution in [1.29, 1.82) is 0 Å². The SMILES string of the molecule is Nc1nc(-c2cccc([N+](=O)[O-])c2)cc2c(-c3ccccc3)cccc12. The molecule has 3 aromatic carbocycles. The van der Waals surface area contributed by atoms with Crippen molar-refractivity contribution in [2.75, 3.05) is 5.73 Å². The maximum Gasteiger partial charge on any atom is 0.270 e. The van der Waals surface area contributed by atoms with Crippen LogP contribution in [0.4, 0.5) is 11.5 Å². The van der Waals surface area contributed by atoms with Gasteiger partial charge in [0, 0.05) is 23.1 Å². The number of nitrogen functional groups attached to an aromatic ring is 1. The standard InChI is InChI=1S/C21H15N3O2/c22-21-18-11-5-10-17(14-6-2-1-3-7-14)19(18)13-20(23-21)15-8-4-9-16(12-15)24(25)26/h1-13H,(H2,22,23). The minimum atomic E-state index is -0.413. The van der Waals surface area contributed by atoms with Crippen LogP contribution in [0.15, 0.2) is 78.9 Å². The van der Waals surface area contributed by atoms with Crippen LogP contribution in [0.2, 0.25) is 0 Å². The molecular formula is C21H15N3O2. The molecular weight excluding hydrogens is 326 g/mol. The van der Waals surface area contributed by atoms with Gasteiger partial charge in [-0.2, -0.15) is 0 Å². The van der Waals surface area contributed by atoms with Crippen LogP contribution in [-0.4, -0.2) is 9.91 Å². The fourth-order valence-electron chi connectivity index (χ4n) is 3.10. The van der Waals surface area contributed by atoms with Crippen LogP contribution in [0.25, 0.3) is 33.2 Å². The average Bonchev–Trinajstić information content (AvgIpc) is 2.68. The molecule has 0 spiro atoms. The van der Waals surface area contributed by atoms with Crippen molar-refractivity contribution >= 4 is 22.3 Å². The molecule has 0 aliphatic rings. The van der Waals surface area contributed by atoms with E-state index in [0.717, 1.165) is 21.9 Å². The summed E-state index contributed by atoms with van der Waals surface area (Å²) in [6.07, 6.45) is 0. The average molecular weight is 341 g/mol. The smallest absolute Gasteiger partial charge is 0.270 e. The quantitative estimate of drug-likeness (QED) is 0.417. The lowest BCUT2D eigenvalue weighted by molar-refractivity contribution is -0.384. The van der Waals surface area contributed by atoms with Crippen molar-refractivity contribution in [3.63, 3.8) is 0 Å². The molecule has 26 heavy (non-hydrogen) atoms. The summed E-state index contributed by atoms with van der Waals surface area (Å²) in [7, 11) is 0. The highest BCUT2D eigenvalue weighted by Gasteiger charge is 2.12. The Kier molecular flexibility index (Phi) is 3.82. The molecule has 0 unspecified atom stereocenters. The molecule has 0 amide bonds. The molecule has 126 valence electrons. The van der Waals surface area contributed by atoms with Crippen molar-refractivity contribution in [2.45, 2.75) is 0 Å². The van der Waals surface area contributed by atoms with Crippen LogP contribution in [-0.2, 0) is 0 Å². The molecule has 1 heterocycles. The third kappa shape index (κ3) is 2.75. The lowest BCUT2D eigenvalue weighted by atomic mass is 9.97. The van der Waals surface area contributed by atoms with E-state index in [4.69, 9.17) is 5.73 Å². The number of nitro groups is 1. The number of anilines is 1. The van der Waals surface area contributed by atoms with E-state index >= 15 is 0 Å². The lowest BCUT2D eigenvalue weighted by Gasteiger charge is -2.11. The van der Waals surface area contributed by atoms with Gasteiger partial charge in [0.25, 0.3) is 5.69 Å². The van der Waals surface area contributed by atoms with Gasteiger partial charge >= 0.3 is 0 Å². The summed E-state index contributed by atoms with van der Waals surface area (Å²) < 4.78 is 0. The number of aromatic nitrogens is 1. The van der Waals surface area contributed by atoms with Gasteiger partial charge in [-0.05, 0) is 22.6 Å². The van der Waals surface area contributed by atoms with Gasteiger partial charge < -0.3 is 5.73 Å². The van der Waals surface area contributed by atoms with Gasteiger partial charge in [0.15, 0.2) is 0 Å². The molecule has 0 aliphatic heterocycles. The van der Waals surface area contributed by atoms with Gasteiger partial charge in [-0.3, -0.25) is 10.1 Å². The van der Waals surface area contributed by atoms with E-state index in [2.05, 4.69) is 4.98 Å². The summed E-state index contributed by atoms with van der Waals surface area (Å²) in [5, 5.41) is 12.9. The Balaban J connectivity index is 1.96. The molecule has 0 saturated heterocycles. The molecule has 0 radical (unpaired) electrons. The zero-order chi connectivity index (χ0) is 18.1. The van der Waals surface area contributed by atoms with E-state index in [9.17, 15) is 10.1 Å². The Bertz CT molecular complexity index is 1120. The Morgan fingerprint density at radius 3 is 2.31 bits per heavy atom. The number of rotatable bonds is 3. The fourth-order valence-corrected chi connectivity index (χ4v) is 3.10. The number of nitrogens with two attached hydrogens (primary N) is 1. The highest BCUT2D eigenvalue weighted by atomic mass is 16.6. The van der Waals surface area contributed by atoms with E-state index in [-0.39, 0.29) is 5.69 Å². The summed E-state index contributed by atoms with van der Waals surface area (Å²) >= 11 is 0. The van der Waals surface area contributed by atoms with Gasteiger partial charge in [0.05, 0.1) is 10.6 Å². The molecule has 0 bridgehead atoms. The number of fused-ring (bicyclic) bond motifs is 1. The summed E-state index contributed by atoms with van der Waals surface area (Å²) in [5.74, 6) is 0.404. The van der Waals surface area contributed by atoms with E-state index in [1.54, 1.807) is 12.1 Å². The molecule has 1 aromatic heterocycles. The number of pyridine rings is 1. The summed E-state index contributed by atoms with van der Waals surface area (Å²) in [4.78, 5) is 15.1. The Labute approximate surface area is 149 Å². The summed E-state index contributed by atoms with van der Waals surface area (Å²) in [5.41, 5.74) is 9.62. The molecule has 2 N–H and O–H groups in total. The number of hydrogen-bond donors (Lipinski definition) is 1. The minimum Gasteiger partial charge on any atom is -0.383 e. The number of nitro benzene ring substituents is 1. The zero-order valence-corrected chi connectivity index (χ0v) is 13.8. The van der Waals surface area contributed by atoms with E-state index in [1.165, 1.54) is 12.1 Å². The van der Waals surface area contributed by atoms with Crippen LogP contribution in [0.1, 0.15) is 0 Å². The molecule has 0 saturated carbocycles. The van der Waals surface area contributed by atoms with Crippen LogP contribution < -0.4 is 5.73 Å². The van der Waals surface area contributed by atoms with Gasteiger partial charge in [0.1, 0.15) is 5.82 Å². The van der Waals surface area contributed by atoms with Gasteiger partial charge in [-0.25, -0.2) is 4.98 Å². The molecule has 0 fully saturated rings. The van der Waals surface area contributed by atoms with Crippen molar-refractivity contribution < 1.29 is 4.92 Å². The van der Waals surface area contributed by atoms with Crippen molar-refractivity contribution in [1.82, 2.24) is 4.98 Å². The van der Waals surface area contributed by atoms with Crippen LogP contribution in [0, 0.1) is 10.1 Å². The van der Waals surface area contributed by atoms with Gasteiger partial charge in [-0.1, -0.05) is 60.7 Å². The number of nitrogens with zero attached hydrogens (tertiary/aromatic N) is 2. The zero-order valence-electron chi connectivity index (χ0n) is 13.8. The van der Waals surface area contributed by atoms with Crippen LogP contribution >= 0.6 is 0 Å². The third-order valence-electron chi connectivity index (χ3n) is 4.34. The molecule has 5 nitrogen and oxygen atoms in total. The first-order chi connectivity index (χ1) is 12.6. The Morgan fingerprint density at radius 1 is 0.808 bits per heavy atom. The molecule has 5 heteroatoms.